The van der Waals surface area contributed by atoms with Crippen molar-refractivity contribution in [2.24, 2.45) is 12.8 Å². The number of methoxy groups -OCH3 is 1. The van der Waals surface area contributed by atoms with Crippen LogP contribution in [0.1, 0.15) is 16.8 Å². The number of esters is 1. The molecule has 9 nitrogen and oxygen atoms in total. The Balaban J connectivity index is 1.98. The third kappa shape index (κ3) is 3.18. The summed E-state index contributed by atoms with van der Waals surface area (Å²) in [6, 6.07) is 2.44. The molecule has 0 saturated carbocycles. The highest BCUT2D eigenvalue weighted by atomic mass is 16.5. The van der Waals surface area contributed by atoms with Crippen molar-refractivity contribution < 1.29 is 14.3 Å². The molecule has 3 rings (SSSR count). The molecule has 9 heteroatoms. The lowest BCUT2D eigenvalue weighted by Crippen LogP contribution is -2.43. The Hall–Kier alpha value is -2.78. The molecule has 0 unspecified atom stereocenters. The Kier molecular flexibility index (Phi) is 5.01. The van der Waals surface area contributed by atoms with Gasteiger partial charge in [-0.3, -0.25) is 14.2 Å². The molecule has 1 atom stereocenters. The van der Waals surface area contributed by atoms with E-state index in [1.807, 2.05) is 0 Å². The summed E-state index contributed by atoms with van der Waals surface area (Å²) in [4.78, 5) is 41.0. The van der Waals surface area contributed by atoms with Gasteiger partial charge in [-0.15, -0.1) is 0 Å². The molecular formula is C17H20N4O5. The van der Waals surface area contributed by atoms with Crippen molar-refractivity contribution >= 4 is 5.97 Å². The summed E-state index contributed by atoms with van der Waals surface area (Å²) >= 11 is 0. The van der Waals surface area contributed by atoms with Crippen molar-refractivity contribution in [1.29, 1.82) is 0 Å². The van der Waals surface area contributed by atoms with Crippen LogP contribution in [0.4, 0.5) is 0 Å². The topological polar surface area (TPSA) is 118 Å². The van der Waals surface area contributed by atoms with E-state index in [4.69, 9.17) is 10.5 Å². The van der Waals surface area contributed by atoms with Crippen molar-refractivity contribution in [2.45, 2.75) is 25.5 Å². The average Bonchev–Trinajstić information content (AvgIpc) is 2.67. The Labute approximate surface area is 149 Å². The number of hydrogen-bond acceptors (Lipinski definition) is 7. The predicted octanol–water partition coefficient (Wildman–Crippen LogP) is -0.953. The minimum Gasteiger partial charge on any atom is -0.468 e. The van der Waals surface area contributed by atoms with Gasteiger partial charge in [0.1, 0.15) is 11.9 Å². The molecule has 138 valence electrons. The summed E-state index contributed by atoms with van der Waals surface area (Å²) in [5.74, 6) is -0.295. The monoisotopic (exact) mass is 360 g/mol. The molecule has 3 heterocycles. The van der Waals surface area contributed by atoms with Crippen molar-refractivity contribution in [1.82, 2.24) is 14.1 Å². The fraction of sp³-hybridized carbons (Fsp3) is 0.412. The molecule has 1 aliphatic heterocycles. The van der Waals surface area contributed by atoms with Gasteiger partial charge in [0.25, 0.3) is 5.56 Å². The third-order valence-electron chi connectivity index (χ3n) is 4.43. The maximum Gasteiger partial charge on any atom is 0.336 e. The number of carbonyl (C=O) groups excluding carboxylic acids is 1. The minimum atomic E-state index is -0.799. The first kappa shape index (κ1) is 18.0. The van der Waals surface area contributed by atoms with Gasteiger partial charge < -0.3 is 15.2 Å². The molecule has 0 aromatic carbocycles. The van der Waals surface area contributed by atoms with Gasteiger partial charge in [0.05, 0.1) is 26.0 Å². The molecule has 0 saturated heterocycles. The molecule has 0 radical (unpaired) electrons. The van der Waals surface area contributed by atoms with E-state index in [2.05, 4.69) is 9.72 Å². The number of pyridine rings is 1. The molecule has 2 aromatic heterocycles. The van der Waals surface area contributed by atoms with E-state index in [1.165, 1.54) is 17.9 Å². The zero-order valence-corrected chi connectivity index (χ0v) is 14.6. The number of nitrogens with zero attached hydrogens (tertiary/aromatic N) is 3. The Morgan fingerprint density at radius 1 is 1.42 bits per heavy atom. The Bertz CT molecular complexity index is 945. The highest BCUT2D eigenvalue weighted by Crippen LogP contribution is 2.12. The second-order valence-electron chi connectivity index (χ2n) is 6.07. The van der Waals surface area contributed by atoms with Gasteiger partial charge in [0.2, 0.25) is 0 Å². The van der Waals surface area contributed by atoms with Gasteiger partial charge in [-0.05, 0) is 18.1 Å². The van der Waals surface area contributed by atoms with Crippen molar-refractivity contribution in [2.75, 3.05) is 13.7 Å². The van der Waals surface area contributed by atoms with Gasteiger partial charge >= 0.3 is 11.7 Å². The van der Waals surface area contributed by atoms with Crippen LogP contribution in [-0.4, -0.2) is 39.8 Å². The van der Waals surface area contributed by atoms with Gasteiger partial charge in [-0.1, -0.05) is 6.07 Å². The lowest BCUT2D eigenvalue weighted by atomic mass is 10.1. The van der Waals surface area contributed by atoms with E-state index in [1.54, 1.807) is 19.2 Å². The second kappa shape index (κ2) is 7.22. The predicted molar refractivity (Wildman–Crippen MR) is 92.1 cm³/mol. The number of aromatic nitrogens is 3. The van der Waals surface area contributed by atoms with E-state index in [-0.39, 0.29) is 24.4 Å². The maximum atomic E-state index is 12.8. The molecule has 0 aliphatic carbocycles. The first-order valence-corrected chi connectivity index (χ1v) is 8.14. The number of nitrogens with two attached hydrogens (primary N) is 1. The quantitative estimate of drug-likeness (QED) is 0.698. The summed E-state index contributed by atoms with van der Waals surface area (Å²) in [5, 5.41) is 0. The number of ether oxygens (including phenoxy) is 2. The number of hydrogen-bond donors (Lipinski definition) is 1. The van der Waals surface area contributed by atoms with Gasteiger partial charge in [0.15, 0.2) is 0 Å². The van der Waals surface area contributed by atoms with Gasteiger partial charge in [-0.2, -0.15) is 0 Å². The first-order chi connectivity index (χ1) is 12.4. The lowest BCUT2D eigenvalue weighted by molar-refractivity contribution is -0.142. The highest BCUT2D eigenvalue weighted by molar-refractivity contribution is 5.75. The fourth-order valence-corrected chi connectivity index (χ4v) is 2.95. The molecular weight excluding hydrogens is 340 g/mol. The highest BCUT2D eigenvalue weighted by Gasteiger charge is 2.21. The van der Waals surface area contributed by atoms with Crippen LogP contribution in [0.3, 0.4) is 0 Å². The zero-order valence-electron chi connectivity index (χ0n) is 14.6. The number of rotatable bonds is 4. The van der Waals surface area contributed by atoms with E-state index >= 15 is 0 Å². The van der Waals surface area contributed by atoms with Crippen molar-refractivity contribution in [3.8, 4) is 5.82 Å². The molecule has 2 aromatic rings. The Morgan fingerprint density at radius 2 is 2.19 bits per heavy atom. The second-order valence-corrected chi connectivity index (χ2v) is 6.07. The van der Waals surface area contributed by atoms with Crippen LogP contribution in [0.25, 0.3) is 5.82 Å². The van der Waals surface area contributed by atoms with Crippen LogP contribution < -0.4 is 17.0 Å². The lowest BCUT2D eigenvalue weighted by Gasteiger charge is -2.20. The fourth-order valence-electron chi connectivity index (χ4n) is 2.95. The molecule has 0 fully saturated rings. The summed E-state index contributed by atoms with van der Waals surface area (Å²) in [5.41, 5.74) is 6.74. The molecule has 1 aliphatic rings. The van der Waals surface area contributed by atoms with E-state index < -0.39 is 17.7 Å². The van der Waals surface area contributed by atoms with E-state index in [0.717, 1.165) is 4.57 Å². The van der Waals surface area contributed by atoms with E-state index in [9.17, 15) is 14.4 Å². The van der Waals surface area contributed by atoms with Crippen LogP contribution in [0.2, 0.25) is 0 Å². The Morgan fingerprint density at radius 3 is 2.85 bits per heavy atom. The van der Waals surface area contributed by atoms with Crippen LogP contribution >= 0.6 is 0 Å². The number of carbonyl (C=O) groups is 1. The zero-order chi connectivity index (χ0) is 18.8. The average molecular weight is 360 g/mol. The number of fused-ring (bicyclic) bond motifs is 1. The largest absolute Gasteiger partial charge is 0.468 e. The summed E-state index contributed by atoms with van der Waals surface area (Å²) in [6.07, 6.45) is 2.19. The summed E-state index contributed by atoms with van der Waals surface area (Å²) in [6.45, 7) is 0.688. The van der Waals surface area contributed by atoms with Crippen molar-refractivity contribution in [3.63, 3.8) is 0 Å². The van der Waals surface area contributed by atoms with E-state index in [0.29, 0.717) is 29.8 Å². The maximum absolute atomic E-state index is 12.8. The normalized spacial score (nSPS) is 14.6. The minimum absolute atomic E-state index is 0.222. The molecule has 0 bridgehead atoms. The molecule has 0 amide bonds. The van der Waals surface area contributed by atoms with Gasteiger partial charge in [0, 0.05) is 25.2 Å². The summed E-state index contributed by atoms with van der Waals surface area (Å²) < 4.78 is 12.4. The van der Waals surface area contributed by atoms with Crippen LogP contribution in [0.15, 0.2) is 27.9 Å². The van der Waals surface area contributed by atoms with Crippen LogP contribution in [0, 0.1) is 0 Å². The molecule has 0 spiro atoms. The smallest absolute Gasteiger partial charge is 0.336 e. The third-order valence-corrected chi connectivity index (χ3v) is 4.43. The van der Waals surface area contributed by atoms with Crippen molar-refractivity contribution in [3.05, 3.63) is 56.0 Å². The van der Waals surface area contributed by atoms with Crippen LogP contribution in [0.5, 0.6) is 0 Å². The SMILES string of the molecule is COC(=O)[C@@H](N)Cc1ccc(-n2c(=O)c3c(n(C)c2=O)COCC3)nc1. The molecule has 26 heavy (non-hydrogen) atoms. The van der Waals surface area contributed by atoms with Crippen LogP contribution in [-0.2, 0) is 40.8 Å². The summed E-state index contributed by atoms with van der Waals surface area (Å²) in [7, 11) is 2.88. The molecule has 2 N–H and O–H groups in total. The first-order valence-electron chi connectivity index (χ1n) is 8.14. The van der Waals surface area contributed by atoms with Gasteiger partial charge in [-0.25, -0.2) is 14.3 Å². The standard InChI is InChI=1S/C17H20N4O5/c1-20-13-9-26-6-5-11(13)15(22)21(17(20)24)14-4-3-10(8-19-14)7-12(18)16(23)25-2/h3-4,8,12H,5-7,9,18H2,1-2H3/t12-/m0/s1.